The van der Waals surface area contributed by atoms with Crippen LogP contribution in [0.3, 0.4) is 0 Å². The number of carbonyl (C=O) groups is 2. The van der Waals surface area contributed by atoms with E-state index in [1.54, 1.807) is 0 Å². The molecular weight excluding hydrogens is 312 g/mol. The number of nitrogens with zero attached hydrogens (tertiary/aromatic N) is 1. The van der Waals surface area contributed by atoms with Crippen molar-refractivity contribution in [3.8, 4) is 0 Å². The first-order valence-corrected chi connectivity index (χ1v) is 9.20. The Morgan fingerprint density at radius 3 is 3.09 bits per heavy atom. The van der Waals surface area contributed by atoms with Gasteiger partial charge < -0.3 is 15.0 Å². The first-order valence-electron chi connectivity index (χ1n) is 8.21. The summed E-state index contributed by atoms with van der Waals surface area (Å²) in [6, 6.07) is 5.82. The Morgan fingerprint density at radius 2 is 2.17 bits per heavy atom. The van der Waals surface area contributed by atoms with Crippen LogP contribution in [-0.2, 0) is 9.53 Å². The minimum absolute atomic E-state index is 0.00850. The van der Waals surface area contributed by atoms with Gasteiger partial charge in [-0.15, -0.1) is 11.8 Å². The number of ether oxygens (including phenoxy) is 1. The summed E-state index contributed by atoms with van der Waals surface area (Å²) in [4.78, 5) is 27.5. The van der Waals surface area contributed by atoms with Gasteiger partial charge in [0.05, 0.1) is 30.2 Å². The maximum atomic E-state index is 13.0. The molecule has 1 aromatic carbocycles. The molecular formula is C17H20N2O3S. The summed E-state index contributed by atoms with van der Waals surface area (Å²) in [5.41, 5.74) is 1.41. The van der Waals surface area contributed by atoms with E-state index in [0.29, 0.717) is 24.5 Å². The average molecular weight is 332 g/mol. The zero-order valence-corrected chi connectivity index (χ0v) is 13.7. The lowest BCUT2D eigenvalue weighted by molar-refractivity contribution is -0.113. The molecule has 1 aliphatic carbocycles. The predicted molar refractivity (Wildman–Crippen MR) is 88.8 cm³/mol. The molecule has 2 amide bonds. The van der Waals surface area contributed by atoms with Gasteiger partial charge >= 0.3 is 0 Å². The van der Waals surface area contributed by atoms with E-state index in [1.165, 1.54) is 18.2 Å². The molecule has 1 saturated heterocycles. The number of benzene rings is 1. The lowest BCUT2D eigenvalue weighted by Crippen LogP contribution is -2.54. The lowest BCUT2D eigenvalue weighted by atomic mass is 9.89. The minimum Gasteiger partial charge on any atom is -0.374 e. The topological polar surface area (TPSA) is 58.6 Å². The number of amides is 2. The molecule has 6 heteroatoms. The largest absolute Gasteiger partial charge is 0.374 e. The third kappa shape index (κ3) is 2.85. The van der Waals surface area contributed by atoms with Crippen LogP contribution in [0, 0.1) is 0 Å². The number of carbonyl (C=O) groups excluding carboxylic acids is 2. The molecule has 23 heavy (non-hydrogen) atoms. The van der Waals surface area contributed by atoms with Gasteiger partial charge in [-0.2, -0.15) is 0 Å². The van der Waals surface area contributed by atoms with Gasteiger partial charge in [0, 0.05) is 17.0 Å². The van der Waals surface area contributed by atoms with Crippen LogP contribution in [0.15, 0.2) is 23.1 Å². The van der Waals surface area contributed by atoms with Crippen LogP contribution in [0.2, 0.25) is 0 Å². The quantitative estimate of drug-likeness (QED) is 0.858. The van der Waals surface area contributed by atoms with Gasteiger partial charge in [-0.1, -0.05) is 12.8 Å². The van der Waals surface area contributed by atoms with Gasteiger partial charge in [-0.25, -0.2) is 0 Å². The number of fused-ring (bicyclic) bond motifs is 2. The summed E-state index contributed by atoms with van der Waals surface area (Å²) >= 11 is 1.51. The monoisotopic (exact) mass is 332 g/mol. The number of rotatable bonds is 1. The van der Waals surface area contributed by atoms with Gasteiger partial charge in [0.1, 0.15) is 0 Å². The van der Waals surface area contributed by atoms with Crippen molar-refractivity contribution in [3.05, 3.63) is 23.8 Å². The SMILES string of the molecule is O=C1CSc2ccc(C(=O)N3CCO[C@@H]4CCCC[C@H]43)cc2N1. The van der Waals surface area contributed by atoms with Gasteiger partial charge in [0.15, 0.2) is 0 Å². The highest BCUT2D eigenvalue weighted by molar-refractivity contribution is 8.00. The molecule has 2 atom stereocenters. The van der Waals surface area contributed by atoms with Gasteiger partial charge in [0.25, 0.3) is 5.91 Å². The Morgan fingerprint density at radius 1 is 1.30 bits per heavy atom. The molecule has 1 aromatic rings. The van der Waals surface area contributed by atoms with E-state index < -0.39 is 0 Å². The predicted octanol–water partition coefficient (Wildman–Crippen LogP) is 2.51. The number of nitrogens with one attached hydrogen (secondary N) is 1. The highest BCUT2D eigenvalue weighted by atomic mass is 32.2. The fourth-order valence-electron chi connectivity index (χ4n) is 3.73. The van der Waals surface area contributed by atoms with Crippen molar-refractivity contribution < 1.29 is 14.3 Å². The summed E-state index contributed by atoms with van der Waals surface area (Å²) in [5.74, 6) is 0.483. The number of anilines is 1. The van der Waals surface area contributed by atoms with Gasteiger partial charge in [-0.3, -0.25) is 9.59 Å². The third-order valence-electron chi connectivity index (χ3n) is 4.85. The molecule has 0 radical (unpaired) electrons. The molecule has 122 valence electrons. The first-order chi connectivity index (χ1) is 11.2. The molecule has 0 aromatic heterocycles. The van der Waals surface area contributed by atoms with Crippen LogP contribution in [0.5, 0.6) is 0 Å². The molecule has 4 rings (SSSR count). The third-order valence-corrected chi connectivity index (χ3v) is 5.93. The van der Waals surface area contributed by atoms with E-state index >= 15 is 0 Å². The Hall–Kier alpha value is -1.53. The molecule has 1 saturated carbocycles. The molecule has 5 nitrogen and oxygen atoms in total. The molecule has 0 unspecified atom stereocenters. The zero-order chi connectivity index (χ0) is 15.8. The van der Waals surface area contributed by atoms with E-state index in [0.717, 1.165) is 29.8 Å². The molecule has 2 fully saturated rings. The Labute approximate surface area is 139 Å². The van der Waals surface area contributed by atoms with Crippen molar-refractivity contribution in [2.45, 2.75) is 42.7 Å². The first kappa shape index (κ1) is 15.0. The molecule has 1 N–H and O–H groups in total. The van der Waals surface area contributed by atoms with Crippen LogP contribution in [0.25, 0.3) is 0 Å². The van der Waals surface area contributed by atoms with E-state index in [9.17, 15) is 9.59 Å². The summed E-state index contributed by atoms with van der Waals surface area (Å²) in [6.07, 6.45) is 4.60. The van der Waals surface area contributed by atoms with Gasteiger partial charge in [0.2, 0.25) is 5.91 Å². The number of hydrogen-bond acceptors (Lipinski definition) is 4. The van der Waals surface area contributed by atoms with Crippen molar-refractivity contribution >= 4 is 29.3 Å². The van der Waals surface area contributed by atoms with Crippen LogP contribution in [0.4, 0.5) is 5.69 Å². The van der Waals surface area contributed by atoms with Crippen LogP contribution in [-0.4, -0.2) is 47.8 Å². The van der Waals surface area contributed by atoms with Gasteiger partial charge in [-0.05, 0) is 31.0 Å². The zero-order valence-electron chi connectivity index (χ0n) is 12.9. The lowest BCUT2D eigenvalue weighted by Gasteiger charge is -2.43. The Bertz CT molecular complexity index is 647. The molecule has 3 aliphatic rings. The molecule has 0 spiro atoms. The summed E-state index contributed by atoms with van der Waals surface area (Å²) in [5, 5.41) is 2.86. The van der Waals surface area contributed by atoms with E-state index in [2.05, 4.69) is 5.32 Å². The van der Waals surface area contributed by atoms with E-state index in [4.69, 9.17) is 4.74 Å². The molecule has 2 heterocycles. The maximum Gasteiger partial charge on any atom is 0.254 e. The van der Waals surface area contributed by atoms with Crippen molar-refractivity contribution in [3.63, 3.8) is 0 Å². The van der Waals surface area contributed by atoms with Crippen molar-refractivity contribution in [1.82, 2.24) is 4.90 Å². The Kier molecular flexibility index (Phi) is 4.03. The second-order valence-corrected chi connectivity index (χ2v) is 7.32. The number of morpholine rings is 1. The van der Waals surface area contributed by atoms with E-state index in [-0.39, 0.29) is 24.0 Å². The van der Waals surface area contributed by atoms with Crippen LogP contribution >= 0.6 is 11.8 Å². The molecule has 0 bridgehead atoms. The van der Waals surface area contributed by atoms with E-state index in [1.807, 2.05) is 23.1 Å². The fourth-order valence-corrected chi connectivity index (χ4v) is 4.52. The number of hydrogen-bond donors (Lipinski definition) is 1. The minimum atomic E-state index is -0.00850. The second-order valence-electron chi connectivity index (χ2n) is 6.31. The smallest absolute Gasteiger partial charge is 0.254 e. The normalized spacial score (nSPS) is 27.0. The fraction of sp³-hybridized carbons (Fsp3) is 0.529. The summed E-state index contributed by atoms with van der Waals surface area (Å²) in [7, 11) is 0. The standard InChI is InChI=1S/C17H20N2O3S/c20-16-10-23-15-6-5-11(9-12(15)18-16)17(21)19-7-8-22-14-4-2-1-3-13(14)19/h5-6,9,13-14H,1-4,7-8,10H2,(H,18,20)/t13-,14-/m1/s1. The maximum absolute atomic E-state index is 13.0. The second kappa shape index (κ2) is 6.17. The van der Waals surface area contributed by atoms with Crippen LogP contribution in [0.1, 0.15) is 36.0 Å². The van der Waals surface area contributed by atoms with Crippen LogP contribution < -0.4 is 5.32 Å². The molecule has 2 aliphatic heterocycles. The highest BCUT2D eigenvalue weighted by Gasteiger charge is 2.37. The Balaban J connectivity index is 1.58. The summed E-state index contributed by atoms with van der Waals surface area (Å²) < 4.78 is 5.85. The highest BCUT2D eigenvalue weighted by Crippen LogP contribution is 2.34. The van der Waals surface area contributed by atoms with Crippen molar-refractivity contribution in [2.24, 2.45) is 0 Å². The summed E-state index contributed by atoms with van der Waals surface area (Å²) in [6.45, 7) is 1.27. The average Bonchev–Trinajstić information content (AvgIpc) is 2.60. The van der Waals surface area contributed by atoms with Crippen molar-refractivity contribution in [2.75, 3.05) is 24.2 Å². The van der Waals surface area contributed by atoms with Crippen molar-refractivity contribution in [1.29, 1.82) is 0 Å². The number of thioether (sulfide) groups is 1.